The van der Waals surface area contributed by atoms with Gasteiger partial charge in [0.25, 0.3) is 0 Å². The van der Waals surface area contributed by atoms with Crippen molar-refractivity contribution >= 4 is 0 Å². The molecule has 1 saturated carbocycles. The molecule has 1 aliphatic rings. The third-order valence-corrected chi connectivity index (χ3v) is 4.41. The van der Waals surface area contributed by atoms with Crippen molar-refractivity contribution in [3.63, 3.8) is 0 Å². The van der Waals surface area contributed by atoms with Crippen LogP contribution < -0.4 is 0 Å². The van der Waals surface area contributed by atoms with Crippen LogP contribution in [0.1, 0.15) is 63.5 Å². The second-order valence-corrected chi connectivity index (χ2v) is 5.85. The van der Waals surface area contributed by atoms with Crippen molar-refractivity contribution in [2.24, 2.45) is 5.92 Å². The number of hydrogen-bond donors (Lipinski definition) is 1. The lowest BCUT2D eigenvalue weighted by Gasteiger charge is -2.37. The summed E-state index contributed by atoms with van der Waals surface area (Å²) in [6.07, 6.45) is 7.79. The quantitative estimate of drug-likeness (QED) is 0.833. The zero-order valence-corrected chi connectivity index (χ0v) is 11.8. The Kier molecular flexibility index (Phi) is 4.45. The summed E-state index contributed by atoms with van der Waals surface area (Å²) in [5.74, 6) is 0.693. The second kappa shape index (κ2) is 5.88. The lowest BCUT2D eigenvalue weighted by molar-refractivity contribution is -0.0217. The number of benzene rings is 1. The summed E-state index contributed by atoms with van der Waals surface area (Å²) in [6, 6.07) is 8.61. The van der Waals surface area contributed by atoms with Gasteiger partial charge in [-0.15, -0.1) is 0 Å². The molecule has 1 N–H and O–H groups in total. The minimum absolute atomic E-state index is 0.567. The van der Waals surface area contributed by atoms with Gasteiger partial charge in [0, 0.05) is 0 Å². The van der Waals surface area contributed by atoms with Gasteiger partial charge in [0.05, 0.1) is 5.60 Å². The summed E-state index contributed by atoms with van der Waals surface area (Å²) in [5.41, 5.74) is 1.94. The number of aryl methyl sites for hydroxylation is 1. The predicted molar refractivity (Wildman–Crippen MR) is 76.6 cm³/mol. The predicted octanol–water partition coefficient (Wildman–Crippen LogP) is 4.43. The molecular weight excluding hydrogens is 220 g/mol. The maximum absolute atomic E-state index is 10.9. The molecule has 0 aromatic heterocycles. The highest BCUT2D eigenvalue weighted by Gasteiger charge is 2.35. The normalized spacial score (nSPS) is 28.3. The van der Waals surface area contributed by atoms with Crippen LogP contribution in [0.3, 0.4) is 0 Å². The molecule has 2 unspecified atom stereocenters. The summed E-state index contributed by atoms with van der Waals surface area (Å²) in [5, 5.41) is 10.9. The molecule has 1 aromatic carbocycles. The van der Waals surface area contributed by atoms with Crippen molar-refractivity contribution in [1.82, 2.24) is 0 Å². The lowest BCUT2D eigenvalue weighted by atomic mass is 9.73. The van der Waals surface area contributed by atoms with Crippen molar-refractivity contribution in [3.8, 4) is 0 Å². The first-order valence-electron chi connectivity index (χ1n) is 7.49. The highest BCUT2D eigenvalue weighted by Crippen LogP contribution is 2.41. The first-order chi connectivity index (χ1) is 8.68. The molecular formula is C17H26O. The fourth-order valence-corrected chi connectivity index (χ4v) is 3.28. The van der Waals surface area contributed by atoms with Gasteiger partial charge in [-0.25, -0.2) is 0 Å². The van der Waals surface area contributed by atoms with Crippen LogP contribution in [0.2, 0.25) is 0 Å². The van der Waals surface area contributed by atoms with Gasteiger partial charge in [0.2, 0.25) is 0 Å². The Bertz CT molecular complexity index is 385. The fourth-order valence-electron chi connectivity index (χ4n) is 3.28. The summed E-state index contributed by atoms with van der Waals surface area (Å²) in [7, 11) is 0. The standard InChI is InChI=1S/C17H26O/c1-3-7-15-8-5-10-16(12-15)17(18)11-6-9-14(4-2)13-17/h5,8,10,12,14,18H,3-4,6-7,9,11,13H2,1-2H3. The molecule has 1 fully saturated rings. The largest absolute Gasteiger partial charge is 0.385 e. The first kappa shape index (κ1) is 13.6. The molecule has 2 atom stereocenters. The molecule has 2 rings (SSSR count). The Balaban J connectivity index is 2.20. The molecule has 1 aliphatic carbocycles. The molecule has 0 amide bonds. The zero-order chi connectivity index (χ0) is 13.0. The van der Waals surface area contributed by atoms with E-state index in [0.717, 1.165) is 31.2 Å². The van der Waals surface area contributed by atoms with Gasteiger partial charge in [-0.1, -0.05) is 57.4 Å². The minimum atomic E-state index is -0.567. The Morgan fingerprint density at radius 2 is 2.17 bits per heavy atom. The molecule has 100 valence electrons. The van der Waals surface area contributed by atoms with Crippen LogP contribution in [0, 0.1) is 5.92 Å². The van der Waals surface area contributed by atoms with E-state index in [1.54, 1.807) is 0 Å². The van der Waals surface area contributed by atoms with Crippen LogP contribution in [-0.4, -0.2) is 5.11 Å². The van der Waals surface area contributed by atoms with E-state index in [1.807, 2.05) is 0 Å². The molecule has 0 aliphatic heterocycles. The minimum Gasteiger partial charge on any atom is -0.385 e. The fraction of sp³-hybridized carbons (Fsp3) is 0.647. The summed E-state index contributed by atoms with van der Waals surface area (Å²) in [6.45, 7) is 4.44. The van der Waals surface area contributed by atoms with Crippen molar-refractivity contribution in [1.29, 1.82) is 0 Å². The molecule has 1 heteroatoms. The molecule has 0 radical (unpaired) electrons. The Hall–Kier alpha value is -0.820. The van der Waals surface area contributed by atoms with E-state index in [2.05, 4.69) is 38.1 Å². The smallest absolute Gasteiger partial charge is 0.0899 e. The average Bonchev–Trinajstić information content (AvgIpc) is 2.39. The SMILES string of the molecule is CCCc1cccc(C2(O)CCCC(CC)C2)c1. The highest BCUT2D eigenvalue weighted by molar-refractivity contribution is 5.29. The van der Waals surface area contributed by atoms with Gasteiger partial charge in [-0.3, -0.25) is 0 Å². The molecule has 0 heterocycles. The molecule has 1 nitrogen and oxygen atoms in total. The van der Waals surface area contributed by atoms with Crippen LogP contribution in [0.4, 0.5) is 0 Å². The van der Waals surface area contributed by atoms with Crippen molar-refractivity contribution in [3.05, 3.63) is 35.4 Å². The first-order valence-corrected chi connectivity index (χ1v) is 7.49. The zero-order valence-electron chi connectivity index (χ0n) is 11.8. The summed E-state index contributed by atoms with van der Waals surface area (Å²) in [4.78, 5) is 0. The number of aliphatic hydroxyl groups is 1. The van der Waals surface area contributed by atoms with E-state index in [0.29, 0.717) is 5.92 Å². The Morgan fingerprint density at radius 3 is 2.89 bits per heavy atom. The van der Waals surface area contributed by atoms with Gasteiger partial charge >= 0.3 is 0 Å². The van der Waals surface area contributed by atoms with E-state index >= 15 is 0 Å². The summed E-state index contributed by atoms with van der Waals surface area (Å²) >= 11 is 0. The van der Waals surface area contributed by atoms with Gasteiger partial charge < -0.3 is 5.11 Å². The highest BCUT2D eigenvalue weighted by atomic mass is 16.3. The third-order valence-electron chi connectivity index (χ3n) is 4.41. The van der Waals surface area contributed by atoms with Crippen molar-refractivity contribution in [2.45, 2.75) is 64.4 Å². The topological polar surface area (TPSA) is 20.2 Å². The maximum Gasteiger partial charge on any atom is 0.0899 e. The van der Waals surface area contributed by atoms with Gasteiger partial charge in [0.1, 0.15) is 0 Å². The van der Waals surface area contributed by atoms with E-state index in [9.17, 15) is 5.11 Å². The molecule has 1 aromatic rings. The van der Waals surface area contributed by atoms with Crippen molar-refractivity contribution in [2.75, 3.05) is 0 Å². The van der Waals surface area contributed by atoms with E-state index in [1.165, 1.54) is 24.8 Å². The van der Waals surface area contributed by atoms with E-state index < -0.39 is 5.60 Å². The average molecular weight is 246 g/mol. The molecule has 0 bridgehead atoms. The monoisotopic (exact) mass is 246 g/mol. The van der Waals surface area contributed by atoms with Crippen LogP contribution in [0.25, 0.3) is 0 Å². The summed E-state index contributed by atoms with van der Waals surface area (Å²) < 4.78 is 0. The third kappa shape index (κ3) is 2.95. The van der Waals surface area contributed by atoms with Crippen LogP contribution >= 0.6 is 0 Å². The Labute approximate surface area is 111 Å². The van der Waals surface area contributed by atoms with E-state index in [4.69, 9.17) is 0 Å². The van der Waals surface area contributed by atoms with Crippen LogP contribution in [0.15, 0.2) is 24.3 Å². The molecule has 0 saturated heterocycles. The van der Waals surface area contributed by atoms with Crippen molar-refractivity contribution < 1.29 is 5.11 Å². The van der Waals surface area contributed by atoms with Crippen LogP contribution in [0.5, 0.6) is 0 Å². The Morgan fingerprint density at radius 1 is 1.33 bits per heavy atom. The number of rotatable bonds is 4. The van der Waals surface area contributed by atoms with E-state index in [-0.39, 0.29) is 0 Å². The molecule has 0 spiro atoms. The maximum atomic E-state index is 10.9. The number of hydrogen-bond acceptors (Lipinski definition) is 1. The molecule has 18 heavy (non-hydrogen) atoms. The van der Waals surface area contributed by atoms with Gasteiger partial charge in [0.15, 0.2) is 0 Å². The lowest BCUT2D eigenvalue weighted by Crippen LogP contribution is -2.32. The van der Waals surface area contributed by atoms with Gasteiger partial charge in [-0.05, 0) is 42.7 Å². The van der Waals surface area contributed by atoms with Crippen LogP contribution in [-0.2, 0) is 12.0 Å². The van der Waals surface area contributed by atoms with Gasteiger partial charge in [-0.2, -0.15) is 0 Å². The second-order valence-electron chi connectivity index (χ2n) is 5.85.